The Kier molecular flexibility index (Phi) is 8.41. The van der Waals surface area contributed by atoms with Crippen molar-refractivity contribution >= 4 is 38.4 Å². The number of H-pyrrole nitrogens is 1. The monoisotopic (exact) mass is 574 g/mol. The molecule has 0 bridgehead atoms. The molecular weight excluding hydrogens is 540 g/mol. The van der Waals surface area contributed by atoms with Crippen LogP contribution < -0.4 is 15.8 Å². The molecule has 1 aromatic heterocycles. The van der Waals surface area contributed by atoms with E-state index in [2.05, 4.69) is 16.4 Å². The van der Waals surface area contributed by atoms with E-state index >= 15 is 0 Å². The summed E-state index contributed by atoms with van der Waals surface area (Å²) in [6.45, 7) is 2.48. The Morgan fingerprint density at radius 3 is 2.44 bits per heavy atom. The zero-order valence-corrected chi connectivity index (χ0v) is 23.7. The van der Waals surface area contributed by atoms with Crippen LogP contribution in [0.2, 0.25) is 0 Å². The number of primary amides is 1. The van der Waals surface area contributed by atoms with Crippen molar-refractivity contribution in [3.8, 4) is 16.9 Å². The van der Waals surface area contributed by atoms with E-state index < -0.39 is 15.9 Å². The van der Waals surface area contributed by atoms with Crippen molar-refractivity contribution in [3.05, 3.63) is 84.1 Å². The van der Waals surface area contributed by atoms with E-state index in [-0.39, 0.29) is 24.2 Å². The number of anilines is 1. The highest BCUT2D eigenvalue weighted by Gasteiger charge is 2.30. The Morgan fingerprint density at radius 2 is 1.73 bits per heavy atom. The largest absolute Gasteiger partial charge is 0.491 e. The number of aromatic nitrogens is 1. The Balaban J connectivity index is 1.23. The van der Waals surface area contributed by atoms with Crippen LogP contribution in [-0.4, -0.2) is 55.0 Å². The average molecular weight is 575 g/mol. The lowest BCUT2D eigenvalue weighted by molar-refractivity contribution is -0.114. The summed E-state index contributed by atoms with van der Waals surface area (Å²) < 4.78 is 33.5. The third-order valence-electron chi connectivity index (χ3n) is 7.48. The number of fused-ring (bicyclic) bond motifs is 1. The third-order valence-corrected chi connectivity index (χ3v) is 9.44. The number of carbonyl (C=O) groups excluding carboxylic acids is 2. The van der Waals surface area contributed by atoms with Gasteiger partial charge >= 0.3 is 0 Å². The van der Waals surface area contributed by atoms with Crippen LogP contribution in [0.15, 0.2) is 72.9 Å². The summed E-state index contributed by atoms with van der Waals surface area (Å²) in [5.41, 5.74) is 10.4. The number of rotatable bonds is 10. The molecule has 1 fully saturated rings. The number of hydrogen-bond donors (Lipinski definition) is 3. The van der Waals surface area contributed by atoms with Crippen molar-refractivity contribution in [1.82, 2.24) is 9.29 Å². The Labute approximate surface area is 239 Å². The number of hydrogen-bond acceptors (Lipinski definition) is 5. The van der Waals surface area contributed by atoms with Crippen LogP contribution in [0.3, 0.4) is 0 Å². The Morgan fingerprint density at radius 1 is 1.02 bits per heavy atom. The number of nitrogens with zero attached hydrogens (tertiary/aromatic N) is 1. The number of nitrogens with one attached hydrogen (secondary N) is 2. The van der Waals surface area contributed by atoms with Crippen LogP contribution in [0.4, 0.5) is 5.69 Å². The highest BCUT2D eigenvalue weighted by atomic mass is 32.2. The number of benzene rings is 3. The molecule has 0 aliphatic carbocycles. The van der Waals surface area contributed by atoms with Gasteiger partial charge in [0.05, 0.1) is 29.1 Å². The van der Waals surface area contributed by atoms with Crippen molar-refractivity contribution < 1.29 is 22.7 Å². The van der Waals surface area contributed by atoms with Gasteiger partial charge in [-0.05, 0) is 66.1 Å². The fourth-order valence-electron chi connectivity index (χ4n) is 5.47. The van der Waals surface area contributed by atoms with Crippen molar-refractivity contribution in [3.63, 3.8) is 0 Å². The van der Waals surface area contributed by atoms with Gasteiger partial charge in [0.15, 0.2) is 0 Å². The van der Waals surface area contributed by atoms with E-state index in [1.807, 2.05) is 42.6 Å². The van der Waals surface area contributed by atoms with Crippen molar-refractivity contribution in [2.24, 2.45) is 5.73 Å². The van der Waals surface area contributed by atoms with Gasteiger partial charge in [-0.1, -0.05) is 42.5 Å². The molecule has 5 rings (SSSR count). The van der Waals surface area contributed by atoms with Crippen LogP contribution in [0, 0.1) is 0 Å². The van der Waals surface area contributed by atoms with Crippen molar-refractivity contribution in [2.75, 3.05) is 30.8 Å². The summed E-state index contributed by atoms with van der Waals surface area (Å²) in [5, 5.41) is 3.66. The third kappa shape index (κ3) is 6.44. The minimum absolute atomic E-state index is 0.0184. The Bertz CT molecular complexity index is 1660. The summed E-state index contributed by atoms with van der Waals surface area (Å²) in [6, 6.07) is 20.8. The van der Waals surface area contributed by atoms with E-state index in [0.717, 1.165) is 22.1 Å². The number of para-hydroxylation sites is 2. The van der Waals surface area contributed by atoms with Crippen molar-refractivity contribution in [1.29, 1.82) is 0 Å². The first kappa shape index (κ1) is 28.4. The summed E-state index contributed by atoms with van der Waals surface area (Å²) in [6.07, 6.45) is 3.61. The zero-order valence-electron chi connectivity index (χ0n) is 22.9. The number of aromatic amines is 1. The number of amides is 2. The molecule has 3 aromatic carbocycles. The standard InChI is InChI=1S/C31H34N4O5S/c1-21(36)34-28-10-5-6-11-29(28)40-16-7-17-41(38,39)35-14-12-23(13-15-35)27-20-33-30-25(27)18-24(19-26(30)31(32)37)22-8-3-2-4-9-22/h2-6,8-11,18-20,23,33H,7,12-17H2,1H3,(H2,32,37)(H,34,36). The first-order valence-corrected chi connectivity index (χ1v) is 15.3. The number of ether oxygens (including phenoxy) is 1. The first-order chi connectivity index (χ1) is 19.7. The van der Waals surface area contributed by atoms with Gasteiger partial charge in [0.1, 0.15) is 5.75 Å². The van der Waals surface area contributed by atoms with Gasteiger partial charge < -0.3 is 20.8 Å². The molecule has 0 atom stereocenters. The van der Waals surface area contributed by atoms with E-state index in [1.165, 1.54) is 6.92 Å². The molecule has 9 nitrogen and oxygen atoms in total. The normalized spacial score (nSPS) is 14.7. The van der Waals surface area contributed by atoms with Crippen LogP contribution in [0.1, 0.15) is 48.0 Å². The van der Waals surface area contributed by atoms with Gasteiger partial charge in [-0.25, -0.2) is 12.7 Å². The summed E-state index contributed by atoms with van der Waals surface area (Å²) in [5.74, 6) is -0.0606. The van der Waals surface area contributed by atoms with E-state index in [4.69, 9.17) is 10.5 Å². The van der Waals surface area contributed by atoms with Gasteiger partial charge in [-0.2, -0.15) is 0 Å². The topological polar surface area (TPSA) is 135 Å². The van der Waals surface area contributed by atoms with Crippen LogP contribution >= 0.6 is 0 Å². The molecule has 1 saturated heterocycles. The second kappa shape index (κ2) is 12.2. The molecule has 2 amide bonds. The van der Waals surface area contributed by atoms with Gasteiger partial charge in [-0.3, -0.25) is 9.59 Å². The quantitative estimate of drug-likeness (QED) is 0.232. The number of piperidine rings is 1. The number of carbonyl (C=O) groups is 2. The highest BCUT2D eigenvalue weighted by molar-refractivity contribution is 7.89. The van der Waals surface area contributed by atoms with Crippen molar-refractivity contribution in [2.45, 2.75) is 32.1 Å². The molecule has 0 saturated carbocycles. The summed E-state index contributed by atoms with van der Waals surface area (Å²) >= 11 is 0. The van der Waals surface area contributed by atoms with Gasteiger partial charge in [0.2, 0.25) is 15.9 Å². The molecule has 2 heterocycles. The predicted octanol–water partition coefficient (Wildman–Crippen LogP) is 4.87. The maximum atomic E-state index is 13.1. The van der Waals surface area contributed by atoms with Gasteiger partial charge in [0, 0.05) is 31.6 Å². The minimum atomic E-state index is -3.45. The number of sulfonamides is 1. The fraction of sp³-hybridized carbons (Fsp3) is 0.290. The van der Waals surface area contributed by atoms with E-state index in [1.54, 1.807) is 28.6 Å². The number of nitrogens with two attached hydrogens (primary N) is 1. The molecule has 0 radical (unpaired) electrons. The molecule has 4 aromatic rings. The lowest BCUT2D eigenvalue weighted by Crippen LogP contribution is -2.39. The maximum Gasteiger partial charge on any atom is 0.250 e. The average Bonchev–Trinajstić information content (AvgIpc) is 3.40. The SMILES string of the molecule is CC(=O)Nc1ccccc1OCCCS(=O)(=O)N1CCC(c2c[nH]c3c(C(N)=O)cc(-c4ccccc4)cc23)CC1. The molecule has 4 N–H and O–H groups in total. The molecule has 1 aliphatic rings. The van der Waals surface area contributed by atoms with Gasteiger partial charge in [0.25, 0.3) is 5.91 Å². The minimum Gasteiger partial charge on any atom is -0.491 e. The van der Waals surface area contributed by atoms with Crippen LogP contribution in [0.5, 0.6) is 5.75 Å². The molecule has 214 valence electrons. The lowest BCUT2D eigenvalue weighted by Gasteiger charge is -2.31. The molecule has 41 heavy (non-hydrogen) atoms. The smallest absolute Gasteiger partial charge is 0.250 e. The van der Waals surface area contributed by atoms with Crippen LogP contribution in [-0.2, 0) is 14.8 Å². The van der Waals surface area contributed by atoms with E-state index in [0.29, 0.717) is 54.9 Å². The Hall–Kier alpha value is -4.15. The predicted molar refractivity (Wildman–Crippen MR) is 160 cm³/mol. The summed E-state index contributed by atoms with van der Waals surface area (Å²) in [7, 11) is -3.45. The van der Waals surface area contributed by atoms with E-state index in [9.17, 15) is 18.0 Å². The second-order valence-electron chi connectivity index (χ2n) is 10.3. The van der Waals surface area contributed by atoms with Crippen LogP contribution in [0.25, 0.3) is 22.0 Å². The summed E-state index contributed by atoms with van der Waals surface area (Å²) in [4.78, 5) is 26.9. The molecule has 0 spiro atoms. The highest BCUT2D eigenvalue weighted by Crippen LogP contribution is 2.37. The molecule has 1 aliphatic heterocycles. The van der Waals surface area contributed by atoms with Gasteiger partial charge in [-0.15, -0.1) is 0 Å². The molecule has 10 heteroatoms. The zero-order chi connectivity index (χ0) is 29.0. The molecule has 0 unspecified atom stereocenters. The first-order valence-electron chi connectivity index (χ1n) is 13.7. The maximum absolute atomic E-state index is 13.1. The molecular formula is C31H34N4O5S. The fourth-order valence-corrected chi connectivity index (χ4v) is 6.97. The second-order valence-corrected chi connectivity index (χ2v) is 12.4. The lowest BCUT2D eigenvalue weighted by atomic mass is 9.88.